The second kappa shape index (κ2) is 9.06. The van der Waals surface area contributed by atoms with Crippen molar-refractivity contribution in [2.75, 3.05) is 23.7 Å². The van der Waals surface area contributed by atoms with Crippen LogP contribution in [-0.2, 0) is 4.79 Å². The van der Waals surface area contributed by atoms with Crippen LogP contribution in [0.15, 0.2) is 48.5 Å². The Morgan fingerprint density at radius 2 is 1.71 bits per heavy atom. The van der Waals surface area contributed by atoms with Crippen LogP contribution in [0, 0.1) is 17.7 Å². The quantitative estimate of drug-likeness (QED) is 0.754. The van der Waals surface area contributed by atoms with E-state index in [1.165, 1.54) is 24.3 Å². The number of amides is 3. The minimum absolute atomic E-state index is 0.0673. The monoisotopic (exact) mass is 403 g/mol. The molecule has 1 saturated heterocycles. The van der Waals surface area contributed by atoms with E-state index in [9.17, 15) is 14.0 Å². The molecule has 1 aliphatic heterocycles. The minimum atomic E-state index is -0.345. The van der Waals surface area contributed by atoms with Gasteiger partial charge in [0, 0.05) is 24.7 Å². The highest BCUT2D eigenvalue weighted by Crippen LogP contribution is 2.28. The van der Waals surface area contributed by atoms with Crippen LogP contribution >= 0.6 is 11.6 Å². The van der Waals surface area contributed by atoms with Crippen LogP contribution in [0.1, 0.15) is 19.8 Å². The molecule has 0 aliphatic carbocycles. The van der Waals surface area contributed by atoms with Crippen molar-refractivity contribution in [3.8, 4) is 0 Å². The number of benzene rings is 2. The number of piperidine rings is 1. The standard InChI is InChI=1S/C21H23ClFN3O2/c1-14(20(27)25-19-5-3-2-4-18(19)22)15-10-12-26(13-11-15)21(28)24-17-8-6-16(23)7-9-17/h2-9,14-15H,10-13H2,1H3,(H,24,28)(H,25,27)/t14-/m0/s1. The molecule has 0 saturated carbocycles. The third-order valence-electron chi connectivity index (χ3n) is 5.17. The van der Waals surface area contributed by atoms with E-state index in [1.54, 1.807) is 17.0 Å². The molecule has 0 radical (unpaired) electrons. The predicted molar refractivity (Wildman–Crippen MR) is 109 cm³/mol. The summed E-state index contributed by atoms with van der Waals surface area (Å²) < 4.78 is 13.0. The number of para-hydroxylation sites is 1. The van der Waals surface area contributed by atoms with Gasteiger partial charge in [0.2, 0.25) is 5.91 Å². The van der Waals surface area contributed by atoms with Crippen molar-refractivity contribution >= 4 is 34.9 Å². The van der Waals surface area contributed by atoms with E-state index in [-0.39, 0.29) is 29.6 Å². The van der Waals surface area contributed by atoms with Crippen LogP contribution in [-0.4, -0.2) is 29.9 Å². The number of likely N-dealkylation sites (tertiary alicyclic amines) is 1. The number of carbonyl (C=O) groups excluding carboxylic acids is 2. The van der Waals surface area contributed by atoms with Gasteiger partial charge in [-0.25, -0.2) is 9.18 Å². The summed E-state index contributed by atoms with van der Waals surface area (Å²) in [6.45, 7) is 3.05. The molecular weight excluding hydrogens is 381 g/mol. The van der Waals surface area contributed by atoms with E-state index in [0.29, 0.717) is 29.5 Å². The summed E-state index contributed by atoms with van der Waals surface area (Å²) in [5.41, 5.74) is 1.16. The normalized spacial score (nSPS) is 15.8. The van der Waals surface area contributed by atoms with Crippen LogP contribution < -0.4 is 10.6 Å². The molecule has 0 bridgehead atoms. The lowest BCUT2D eigenvalue weighted by atomic mass is 9.85. The minimum Gasteiger partial charge on any atom is -0.325 e. The van der Waals surface area contributed by atoms with Crippen molar-refractivity contribution < 1.29 is 14.0 Å². The zero-order valence-electron chi connectivity index (χ0n) is 15.6. The molecule has 0 spiro atoms. The molecule has 1 heterocycles. The lowest BCUT2D eigenvalue weighted by Crippen LogP contribution is -2.43. The number of nitrogens with zero attached hydrogens (tertiary/aromatic N) is 1. The first-order valence-electron chi connectivity index (χ1n) is 9.31. The molecule has 2 aromatic carbocycles. The molecule has 148 valence electrons. The summed E-state index contributed by atoms with van der Waals surface area (Å²) in [5.74, 6) is -0.402. The average molecular weight is 404 g/mol. The number of halogens is 2. The lowest BCUT2D eigenvalue weighted by molar-refractivity contribution is -0.121. The van der Waals surface area contributed by atoms with Crippen LogP contribution in [0.25, 0.3) is 0 Å². The number of carbonyl (C=O) groups is 2. The summed E-state index contributed by atoms with van der Waals surface area (Å²) in [6.07, 6.45) is 1.49. The fourth-order valence-corrected chi connectivity index (χ4v) is 3.54. The SMILES string of the molecule is C[C@H](C(=O)Nc1ccccc1Cl)C1CCN(C(=O)Nc2ccc(F)cc2)CC1. The van der Waals surface area contributed by atoms with E-state index in [0.717, 1.165) is 12.8 Å². The van der Waals surface area contributed by atoms with Gasteiger partial charge in [-0.15, -0.1) is 0 Å². The molecule has 28 heavy (non-hydrogen) atoms. The summed E-state index contributed by atoms with van der Waals surface area (Å²) in [7, 11) is 0. The number of hydrogen-bond donors (Lipinski definition) is 2. The van der Waals surface area contributed by atoms with Gasteiger partial charge in [0.05, 0.1) is 10.7 Å². The average Bonchev–Trinajstić information content (AvgIpc) is 2.71. The Morgan fingerprint density at radius 1 is 1.07 bits per heavy atom. The fourth-order valence-electron chi connectivity index (χ4n) is 3.36. The van der Waals surface area contributed by atoms with E-state index in [4.69, 9.17) is 11.6 Å². The first-order chi connectivity index (χ1) is 13.4. The van der Waals surface area contributed by atoms with Crippen molar-refractivity contribution in [3.05, 3.63) is 59.4 Å². The van der Waals surface area contributed by atoms with Gasteiger partial charge in [0.15, 0.2) is 0 Å². The molecule has 3 amide bonds. The molecule has 2 aromatic rings. The van der Waals surface area contributed by atoms with Crippen molar-refractivity contribution in [1.29, 1.82) is 0 Å². The van der Waals surface area contributed by atoms with Gasteiger partial charge in [-0.3, -0.25) is 4.79 Å². The first-order valence-corrected chi connectivity index (χ1v) is 9.68. The van der Waals surface area contributed by atoms with Gasteiger partial charge in [0.25, 0.3) is 0 Å². The van der Waals surface area contributed by atoms with Crippen LogP contribution in [0.4, 0.5) is 20.6 Å². The zero-order chi connectivity index (χ0) is 20.1. The molecular formula is C21H23ClFN3O2. The highest BCUT2D eigenvalue weighted by Gasteiger charge is 2.30. The number of hydrogen-bond acceptors (Lipinski definition) is 2. The maximum Gasteiger partial charge on any atom is 0.321 e. The summed E-state index contributed by atoms with van der Waals surface area (Å²) in [6, 6.07) is 12.6. The molecule has 2 N–H and O–H groups in total. The molecule has 0 unspecified atom stereocenters. The Balaban J connectivity index is 1.50. The highest BCUT2D eigenvalue weighted by molar-refractivity contribution is 6.33. The third kappa shape index (κ3) is 5.01. The fraction of sp³-hybridized carbons (Fsp3) is 0.333. The zero-order valence-corrected chi connectivity index (χ0v) is 16.4. The molecule has 0 aromatic heterocycles. The number of urea groups is 1. The Labute approximate surface area is 168 Å². The van der Waals surface area contributed by atoms with Crippen LogP contribution in [0.2, 0.25) is 5.02 Å². The van der Waals surface area contributed by atoms with E-state index >= 15 is 0 Å². The van der Waals surface area contributed by atoms with Gasteiger partial charge >= 0.3 is 6.03 Å². The molecule has 3 rings (SSSR count). The Morgan fingerprint density at radius 3 is 2.36 bits per heavy atom. The predicted octanol–water partition coefficient (Wildman–Crippen LogP) is 5.00. The molecule has 7 heteroatoms. The van der Waals surface area contributed by atoms with E-state index < -0.39 is 0 Å². The van der Waals surface area contributed by atoms with Crippen LogP contribution in [0.5, 0.6) is 0 Å². The van der Waals surface area contributed by atoms with Crippen molar-refractivity contribution in [1.82, 2.24) is 4.90 Å². The van der Waals surface area contributed by atoms with Gasteiger partial charge in [-0.1, -0.05) is 30.7 Å². The number of anilines is 2. The summed E-state index contributed by atoms with van der Waals surface area (Å²) in [4.78, 5) is 26.6. The molecule has 5 nitrogen and oxygen atoms in total. The Bertz CT molecular complexity index is 836. The lowest BCUT2D eigenvalue weighted by Gasteiger charge is -2.34. The smallest absolute Gasteiger partial charge is 0.321 e. The highest BCUT2D eigenvalue weighted by atomic mass is 35.5. The van der Waals surface area contributed by atoms with E-state index in [1.807, 2.05) is 19.1 Å². The van der Waals surface area contributed by atoms with Crippen molar-refractivity contribution in [2.45, 2.75) is 19.8 Å². The molecule has 1 atom stereocenters. The maximum atomic E-state index is 13.0. The number of rotatable bonds is 4. The molecule has 1 aliphatic rings. The number of nitrogens with one attached hydrogen (secondary N) is 2. The van der Waals surface area contributed by atoms with Crippen LogP contribution in [0.3, 0.4) is 0 Å². The second-order valence-electron chi connectivity index (χ2n) is 7.02. The van der Waals surface area contributed by atoms with Gasteiger partial charge < -0.3 is 15.5 Å². The second-order valence-corrected chi connectivity index (χ2v) is 7.43. The Hall–Kier alpha value is -2.60. The third-order valence-corrected chi connectivity index (χ3v) is 5.50. The van der Waals surface area contributed by atoms with Crippen molar-refractivity contribution in [3.63, 3.8) is 0 Å². The summed E-state index contributed by atoms with van der Waals surface area (Å²) in [5, 5.41) is 6.16. The van der Waals surface area contributed by atoms with Crippen molar-refractivity contribution in [2.24, 2.45) is 11.8 Å². The van der Waals surface area contributed by atoms with Gasteiger partial charge in [-0.2, -0.15) is 0 Å². The maximum absolute atomic E-state index is 13.0. The van der Waals surface area contributed by atoms with Gasteiger partial charge in [-0.05, 0) is 55.2 Å². The molecule has 1 fully saturated rings. The topological polar surface area (TPSA) is 61.4 Å². The van der Waals surface area contributed by atoms with Gasteiger partial charge in [0.1, 0.15) is 5.82 Å². The largest absolute Gasteiger partial charge is 0.325 e. The van der Waals surface area contributed by atoms with E-state index in [2.05, 4.69) is 10.6 Å². The summed E-state index contributed by atoms with van der Waals surface area (Å²) >= 11 is 6.10. The first kappa shape index (κ1) is 20.1. The Kier molecular flexibility index (Phi) is 6.52.